The maximum Gasteiger partial charge on any atom is 0.0715 e. The molecule has 1 aliphatic rings. The molecule has 0 aliphatic heterocycles. The van der Waals surface area contributed by atoms with Gasteiger partial charge in [-0.1, -0.05) is 0 Å². The quantitative estimate of drug-likeness (QED) is 0.822. The van der Waals surface area contributed by atoms with Crippen LogP contribution in [0, 0.1) is 0 Å². The van der Waals surface area contributed by atoms with Crippen LogP contribution in [0.1, 0.15) is 35.6 Å². The number of fused-ring (bicyclic) bond motifs is 1. The van der Waals surface area contributed by atoms with Gasteiger partial charge in [0.2, 0.25) is 0 Å². The predicted octanol–water partition coefficient (Wildman–Crippen LogP) is 2.10. The van der Waals surface area contributed by atoms with Crippen molar-refractivity contribution in [2.75, 3.05) is 6.54 Å². The predicted molar refractivity (Wildman–Crippen MR) is 64.3 cm³/mol. The minimum atomic E-state index is -0.611. The fourth-order valence-corrected chi connectivity index (χ4v) is 3.20. The first-order valence-electron chi connectivity index (χ1n) is 5.58. The summed E-state index contributed by atoms with van der Waals surface area (Å²) >= 11 is 1.93. The van der Waals surface area contributed by atoms with E-state index in [2.05, 4.69) is 11.4 Å². The van der Waals surface area contributed by atoms with Gasteiger partial charge in [0, 0.05) is 22.8 Å². The number of aliphatic hydroxyl groups is 1. The van der Waals surface area contributed by atoms with Crippen molar-refractivity contribution < 1.29 is 5.11 Å². The van der Waals surface area contributed by atoms with Gasteiger partial charge in [0.15, 0.2) is 0 Å². The number of hydrogen-bond acceptors (Lipinski definition) is 3. The van der Waals surface area contributed by atoms with E-state index in [9.17, 15) is 5.11 Å². The van der Waals surface area contributed by atoms with Gasteiger partial charge < -0.3 is 10.4 Å². The van der Waals surface area contributed by atoms with E-state index in [1.807, 2.05) is 25.2 Å². The van der Waals surface area contributed by atoms with Crippen LogP contribution in [-0.2, 0) is 19.4 Å². The van der Waals surface area contributed by atoms with Crippen LogP contribution in [0.3, 0.4) is 0 Å². The first-order valence-corrected chi connectivity index (χ1v) is 6.40. The Kier molecular flexibility index (Phi) is 3.14. The number of aryl methyl sites for hydroxylation is 2. The monoisotopic (exact) mass is 225 g/mol. The summed E-state index contributed by atoms with van der Waals surface area (Å²) in [5.74, 6) is 0. The van der Waals surface area contributed by atoms with Crippen LogP contribution in [0.4, 0.5) is 0 Å². The van der Waals surface area contributed by atoms with Crippen molar-refractivity contribution >= 4 is 11.3 Å². The molecule has 1 aromatic rings. The van der Waals surface area contributed by atoms with Gasteiger partial charge >= 0.3 is 0 Å². The molecular formula is C12H19NOS. The zero-order chi connectivity index (χ0) is 10.9. The molecule has 0 radical (unpaired) electrons. The summed E-state index contributed by atoms with van der Waals surface area (Å²) in [6.45, 7) is 5.19. The molecule has 0 amide bonds. The standard InChI is InChI=1S/C12H19NOS/c1-12(2,14)8-13-7-10-6-9-4-3-5-11(9)15-10/h6,13-14H,3-5,7-8H2,1-2H3. The van der Waals surface area contributed by atoms with Crippen molar-refractivity contribution in [3.05, 3.63) is 21.4 Å². The largest absolute Gasteiger partial charge is 0.389 e. The van der Waals surface area contributed by atoms with Crippen LogP contribution in [0.15, 0.2) is 6.07 Å². The van der Waals surface area contributed by atoms with Crippen LogP contribution in [0.2, 0.25) is 0 Å². The SMILES string of the molecule is CC(C)(O)CNCc1cc2c(s1)CCC2. The molecule has 0 spiro atoms. The highest BCUT2D eigenvalue weighted by atomic mass is 32.1. The Morgan fingerprint density at radius 3 is 2.93 bits per heavy atom. The van der Waals surface area contributed by atoms with Crippen molar-refractivity contribution in [2.24, 2.45) is 0 Å². The van der Waals surface area contributed by atoms with Crippen LogP contribution < -0.4 is 5.32 Å². The molecule has 0 fully saturated rings. The van der Waals surface area contributed by atoms with Crippen molar-refractivity contribution in [1.82, 2.24) is 5.32 Å². The molecule has 84 valence electrons. The van der Waals surface area contributed by atoms with E-state index in [1.54, 1.807) is 10.4 Å². The maximum atomic E-state index is 9.55. The van der Waals surface area contributed by atoms with Crippen LogP contribution >= 0.6 is 11.3 Å². The zero-order valence-corrected chi connectivity index (χ0v) is 10.3. The molecule has 0 aromatic carbocycles. The molecule has 0 unspecified atom stereocenters. The van der Waals surface area contributed by atoms with Gasteiger partial charge in [0.25, 0.3) is 0 Å². The van der Waals surface area contributed by atoms with E-state index in [1.165, 1.54) is 24.1 Å². The summed E-state index contributed by atoms with van der Waals surface area (Å²) in [4.78, 5) is 2.99. The van der Waals surface area contributed by atoms with Gasteiger partial charge in [-0.3, -0.25) is 0 Å². The molecule has 2 rings (SSSR count). The summed E-state index contributed by atoms with van der Waals surface area (Å²) < 4.78 is 0. The number of hydrogen-bond donors (Lipinski definition) is 2. The Morgan fingerprint density at radius 1 is 1.47 bits per heavy atom. The zero-order valence-electron chi connectivity index (χ0n) is 9.47. The lowest BCUT2D eigenvalue weighted by atomic mass is 10.1. The lowest BCUT2D eigenvalue weighted by Gasteiger charge is -2.17. The number of nitrogens with one attached hydrogen (secondary N) is 1. The van der Waals surface area contributed by atoms with Gasteiger partial charge in [-0.25, -0.2) is 0 Å². The van der Waals surface area contributed by atoms with Crippen molar-refractivity contribution in [2.45, 2.75) is 45.3 Å². The summed E-state index contributed by atoms with van der Waals surface area (Å²) in [5.41, 5.74) is 0.944. The Labute approximate surface area is 95.3 Å². The first-order chi connectivity index (χ1) is 7.04. The second kappa shape index (κ2) is 4.24. The van der Waals surface area contributed by atoms with E-state index in [-0.39, 0.29) is 0 Å². The molecule has 0 saturated heterocycles. The van der Waals surface area contributed by atoms with E-state index in [0.717, 1.165) is 6.54 Å². The summed E-state index contributed by atoms with van der Waals surface area (Å²) in [6.07, 6.45) is 3.86. The highest BCUT2D eigenvalue weighted by Crippen LogP contribution is 2.30. The number of thiophene rings is 1. The molecule has 0 saturated carbocycles. The number of rotatable bonds is 4. The minimum Gasteiger partial charge on any atom is -0.389 e. The Hall–Kier alpha value is -0.380. The maximum absolute atomic E-state index is 9.55. The van der Waals surface area contributed by atoms with Crippen molar-refractivity contribution in [1.29, 1.82) is 0 Å². The molecule has 15 heavy (non-hydrogen) atoms. The Morgan fingerprint density at radius 2 is 2.27 bits per heavy atom. The van der Waals surface area contributed by atoms with Crippen LogP contribution in [-0.4, -0.2) is 17.3 Å². The van der Waals surface area contributed by atoms with E-state index in [4.69, 9.17) is 0 Å². The van der Waals surface area contributed by atoms with Crippen molar-refractivity contribution in [3.63, 3.8) is 0 Å². The van der Waals surface area contributed by atoms with Gasteiger partial charge in [0.05, 0.1) is 5.60 Å². The van der Waals surface area contributed by atoms with Crippen molar-refractivity contribution in [3.8, 4) is 0 Å². The normalized spacial score (nSPS) is 15.7. The average Bonchev–Trinajstić information content (AvgIpc) is 2.60. The van der Waals surface area contributed by atoms with E-state index >= 15 is 0 Å². The van der Waals surface area contributed by atoms with Gasteiger partial charge in [0.1, 0.15) is 0 Å². The summed E-state index contributed by atoms with van der Waals surface area (Å²) in [7, 11) is 0. The molecular weight excluding hydrogens is 206 g/mol. The fourth-order valence-electron chi connectivity index (χ4n) is 1.97. The topological polar surface area (TPSA) is 32.3 Å². The molecule has 1 aromatic heterocycles. The van der Waals surface area contributed by atoms with E-state index in [0.29, 0.717) is 6.54 Å². The molecule has 0 bridgehead atoms. The lowest BCUT2D eigenvalue weighted by Crippen LogP contribution is -2.34. The fraction of sp³-hybridized carbons (Fsp3) is 0.667. The third-order valence-corrected chi connectivity index (χ3v) is 3.89. The molecule has 2 N–H and O–H groups in total. The molecule has 0 atom stereocenters. The third kappa shape index (κ3) is 3.03. The third-order valence-electron chi connectivity index (χ3n) is 2.65. The molecule has 3 heteroatoms. The second-order valence-corrected chi connectivity index (χ2v) is 6.15. The minimum absolute atomic E-state index is 0.611. The second-order valence-electron chi connectivity index (χ2n) is 4.93. The van der Waals surface area contributed by atoms with Crippen LogP contribution in [0.25, 0.3) is 0 Å². The smallest absolute Gasteiger partial charge is 0.0715 e. The molecule has 1 heterocycles. The van der Waals surface area contributed by atoms with Gasteiger partial charge in [-0.2, -0.15) is 0 Å². The molecule has 2 nitrogen and oxygen atoms in total. The molecule has 1 aliphatic carbocycles. The highest BCUT2D eigenvalue weighted by molar-refractivity contribution is 7.12. The van der Waals surface area contributed by atoms with Crippen LogP contribution in [0.5, 0.6) is 0 Å². The van der Waals surface area contributed by atoms with Gasteiger partial charge in [-0.05, 0) is 44.7 Å². The Bertz CT molecular complexity index is 316. The Balaban J connectivity index is 1.84. The highest BCUT2D eigenvalue weighted by Gasteiger charge is 2.15. The lowest BCUT2D eigenvalue weighted by molar-refractivity contribution is 0.0796. The van der Waals surface area contributed by atoms with E-state index < -0.39 is 5.60 Å². The first kappa shape index (κ1) is 11.1. The summed E-state index contributed by atoms with van der Waals surface area (Å²) in [5, 5.41) is 12.8. The average molecular weight is 225 g/mol. The van der Waals surface area contributed by atoms with Gasteiger partial charge in [-0.15, -0.1) is 11.3 Å². The summed E-state index contributed by atoms with van der Waals surface area (Å²) in [6, 6.07) is 2.32.